The van der Waals surface area contributed by atoms with Crippen LogP contribution in [0.25, 0.3) is 0 Å². The van der Waals surface area contributed by atoms with E-state index < -0.39 is 49.5 Å². The molecule has 1 aliphatic rings. The van der Waals surface area contributed by atoms with Crippen molar-refractivity contribution in [2.45, 2.75) is 275 Å². The van der Waals surface area contributed by atoms with Crippen LogP contribution >= 0.6 is 0 Å². The fourth-order valence-corrected chi connectivity index (χ4v) is 8.24. The molecule has 0 aromatic rings. The fourth-order valence-electron chi connectivity index (χ4n) is 8.24. The molecule has 7 unspecified atom stereocenters. The standard InChI is InChI=1S/C56H101NO10/c1-3-5-7-9-11-13-14-15-16-17-21-24-28-32-36-40-44-52(61)65-45-41-37-33-29-25-22-19-18-20-23-27-31-35-39-43-51(60)57-48(49(59)42-38-34-30-26-12-10-8-6-4-2)47-66-56-55(64)54(63)53(62)50(46-58)67-56/h12-14,16-17,26,38,42,48-50,53-56,58-59,62-64H,3-11,15,18-25,27-37,39-41,43-47H2,1-2H3,(H,57,60)/b14-13-,17-16-,26-12+,42-38+. The highest BCUT2D eigenvalue weighted by molar-refractivity contribution is 5.76. The summed E-state index contributed by atoms with van der Waals surface area (Å²) in [6.07, 6.45) is 46.3. The number of carbonyl (C=O) groups excluding carboxylic acids is 2. The summed E-state index contributed by atoms with van der Waals surface area (Å²) in [6.45, 7) is 4.20. The van der Waals surface area contributed by atoms with Crippen LogP contribution in [0.3, 0.4) is 0 Å². The van der Waals surface area contributed by atoms with Gasteiger partial charge in [-0.3, -0.25) is 9.59 Å². The van der Waals surface area contributed by atoms with Crippen LogP contribution < -0.4 is 5.32 Å². The van der Waals surface area contributed by atoms with Crippen molar-refractivity contribution in [1.29, 1.82) is 0 Å². The number of rotatable bonds is 46. The molecule has 0 spiro atoms. The summed E-state index contributed by atoms with van der Waals surface area (Å²) in [5.41, 5.74) is 0. The van der Waals surface area contributed by atoms with Crippen molar-refractivity contribution in [2.75, 3.05) is 19.8 Å². The van der Waals surface area contributed by atoms with E-state index in [-0.39, 0.29) is 18.5 Å². The molecule has 6 N–H and O–H groups in total. The SMILES string of the molecule is CCCCC/C=C/CC/C=C/C(O)C(COC1OC(CO)C(O)C(O)C1O)NC(=O)CCCCCCCCCCCCCCCCOC(=O)CCCCCCC/C=C\C/C=C\CCCCCC. The minimum absolute atomic E-state index is 0.0382. The maximum Gasteiger partial charge on any atom is 0.305 e. The van der Waals surface area contributed by atoms with Gasteiger partial charge in [0.1, 0.15) is 24.4 Å². The number of ether oxygens (including phenoxy) is 3. The summed E-state index contributed by atoms with van der Waals surface area (Å²) in [5.74, 6) is -0.245. The topological polar surface area (TPSA) is 175 Å². The number of amides is 1. The number of hydrogen-bond acceptors (Lipinski definition) is 10. The van der Waals surface area contributed by atoms with Crippen LogP contribution in [0.1, 0.15) is 232 Å². The lowest BCUT2D eigenvalue weighted by Crippen LogP contribution is -2.60. The first-order valence-corrected chi connectivity index (χ1v) is 27.4. The number of allylic oxidation sites excluding steroid dienone is 7. The predicted molar refractivity (Wildman–Crippen MR) is 274 cm³/mol. The van der Waals surface area contributed by atoms with E-state index in [1.807, 2.05) is 6.08 Å². The summed E-state index contributed by atoms with van der Waals surface area (Å²) in [4.78, 5) is 25.0. The molecule has 1 saturated heterocycles. The molecule has 0 saturated carbocycles. The summed E-state index contributed by atoms with van der Waals surface area (Å²) in [7, 11) is 0. The molecule has 1 heterocycles. The minimum atomic E-state index is -1.58. The van der Waals surface area contributed by atoms with Gasteiger partial charge in [-0.1, -0.05) is 191 Å². The van der Waals surface area contributed by atoms with Gasteiger partial charge in [-0.05, 0) is 77.0 Å². The van der Waals surface area contributed by atoms with E-state index in [9.17, 15) is 35.1 Å². The molecule has 1 aliphatic heterocycles. The molecular weight excluding hydrogens is 847 g/mol. The molecule has 0 bridgehead atoms. The largest absolute Gasteiger partial charge is 0.466 e. The second-order valence-corrected chi connectivity index (χ2v) is 18.9. The third-order valence-electron chi connectivity index (χ3n) is 12.7. The van der Waals surface area contributed by atoms with Crippen molar-refractivity contribution < 1.29 is 49.3 Å². The van der Waals surface area contributed by atoms with Crippen LogP contribution in [-0.2, 0) is 23.8 Å². The van der Waals surface area contributed by atoms with E-state index in [0.717, 1.165) is 83.5 Å². The van der Waals surface area contributed by atoms with Crippen LogP contribution in [0.5, 0.6) is 0 Å². The summed E-state index contributed by atoms with van der Waals surface area (Å²) < 4.78 is 16.6. The Kier molecular flexibility index (Phi) is 43.0. The summed E-state index contributed by atoms with van der Waals surface area (Å²) in [5, 5.41) is 54.1. The summed E-state index contributed by atoms with van der Waals surface area (Å²) in [6, 6.07) is -0.835. The first kappa shape index (κ1) is 62.6. The molecule has 1 amide bonds. The number of aliphatic hydroxyl groups is 5. The molecular formula is C56H101NO10. The van der Waals surface area contributed by atoms with Gasteiger partial charge in [-0.15, -0.1) is 0 Å². The lowest BCUT2D eigenvalue weighted by Gasteiger charge is -2.40. The van der Waals surface area contributed by atoms with E-state index in [1.165, 1.54) is 122 Å². The molecule has 0 aromatic carbocycles. The van der Waals surface area contributed by atoms with Gasteiger partial charge in [0, 0.05) is 12.8 Å². The zero-order chi connectivity index (χ0) is 48.8. The van der Waals surface area contributed by atoms with Crippen molar-refractivity contribution in [1.82, 2.24) is 5.32 Å². The Hall–Kier alpha value is -2.38. The van der Waals surface area contributed by atoms with E-state index in [2.05, 4.69) is 55.6 Å². The molecule has 11 nitrogen and oxygen atoms in total. The zero-order valence-electron chi connectivity index (χ0n) is 42.6. The first-order chi connectivity index (χ1) is 32.7. The number of nitrogens with one attached hydrogen (secondary N) is 1. The Balaban J connectivity index is 2.08. The lowest BCUT2D eigenvalue weighted by atomic mass is 9.99. The molecule has 11 heteroatoms. The number of esters is 1. The second kappa shape index (κ2) is 46.0. The van der Waals surface area contributed by atoms with Gasteiger partial charge in [-0.2, -0.15) is 0 Å². The third-order valence-corrected chi connectivity index (χ3v) is 12.7. The van der Waals surface area contributed by atoms with E-state index in [4.69, 9.17) is 14.2 Å². The van der Waals surface area contributed by atoms with Gasteiger partial charge in [0.05, 0.1) is 32.0 Å². The molecule has 1 rings (SSSR count). The van der Waals surface area contributed by atoms with Gasteiger partial charge in [0.15, 0.2) is 6.29 Å². The van der Waals surface area contributed by atoms with Crippen LogP contribution in [-0.4, -0.2) is 100 Å². The quantitative estimate of drug-likeness (QED) is 0.0196. The predicted octanol–water partition coefficient (Wildman–Crippen LogP) is 11.7. The molecule has 0 radical (unpaired) electrons. The fraction of sp³-hybridized carbons (Fsp3) is 0.821. The first-order valence-electron chi connectivity index (χ1n) is 27.4. The molecule has 0 aliphatic carbocycles. The van der Waals surface area contributed by atoms with Crippen molar-refractivity contribution >= 4 is 11.9 Å². The molecule has 1 fully saturated rings. The zero-order valence-corrected chi connectivity index (χ0v) is 42.6. The number of carbonyl (C=O) groups is 2. The van der Waals surface area contributed by atoms with Crippen molar-refractivity contribution in [2.24, 2.45) is 0 Å². The van der Waals surface area contributed by atoms with Crippen molar-refractivity contribution in [3.8, 4) is 0 Å². The number of hydrogen-bond donors (Lipinski definition) is 6. The van der Waals surface area contributed by atoms with Crippen LogP contribution in [0, 0.1) is 0 Å². The Morgan fingerprint density at radius 3 is 1.60 bits per heavy atom. The number of unbranched alkanes of at least 4 members (excludes halogenated alkanes) is 26. The van der Waals surface area contributed by atoms with Crippen molar-refractivity contribution in [3.05, 3.63) is 48.6 Å². The van der Waals surface area contributed by atoms with Crippen molar-refractivity contribution in [3.63, 3.8) is 0 Å². The van der Waals surface area contributed by atoms with E-state index >= 15 is 0 Å². The van der Waals surface area contributed by atoms with Gasteiger partial charge in [-0.25, -0.2) is 0 Å². The molecule has 67 heavy (non-hydrogen) atoms. The third kappa shape index (κ3) is 36.3. The Morgan fingerprint density at radius 1 is 0.552 bits per heavy atom. The highest BCUT2D eigenvalue weighted by Gasteiger charge is 2.44. The minimum Gasteiger partial charge on any atom is -0.466 e. The second-order valence-electron chi connectivity index (χ2n) is 18.9. The Labute approximate surface area is 408 Å². The highest BCUT2D eigenvalue weighted by Crippen LogP contribution is 2.23. The average Bonchev–Trinajstić information content (AvgIpc) is 3.32. The van der Waals surface area contributed by atoms with Crippen LogP contribution in [0.4, 0.5) is 0 Å². The Bertz CT molecular complexity index is 1250. The smallest absolute Gasteiger partial charge is 0.305 e. The van der Waals surface area contributed by atoms with E-state index in [1.54, 1.807) is 6.08 Å². The van der Waals surface area contributed by atoms with Gasteiger partial charge >= 0.3 is 5.97 Å². The number of aliphatic hydroxyl groups excluding tert-OH is 5. The lowest BCUT2D eigenvalue weighted by molar-refractivity contribution is -0.302. The molecule has 390 valence electrons. The van der Waals surface area contributed by atoms with Gasteiger partial charge in [0.25, 0.3) is 0 Å². The maximum atomic E-state index is 13.0. The van der Waals surface area contributed by atoms with Crippen LogP contribution in [0.2, 0.25) is 0 Å². The molecule has 7 atom stereocenters. The Morgan fingerprint density at radius 2 is 1.01 bits per heavy atom. The maximum absolute atomic E-state index is 13.0. The van der Waals surface area contributed by atoms with Crippen LogP contribution in [0.15, 0.2) is 48.6 Å². The highest BCUT2D eigenvalue weighted by atomic mass is 16.7. The normalized spacial score (nSPS) is 19.9. The van der Waals surface area contributed by atoms with Gasteiger partial charge < -0.3 is 45.1 Å². The monoisotopic (exact) mass is 948 g/mol. The van der Waals surface area contributed by atoms with E-state index in [0.29, 0.717) is 19.4 Å². The summed E-state index contributed by atoms with van der Waals surface area (Å²) >= 11 is 0. The molecule has 0 aromatic heterocycles. The average molecular weight is 948 g/mol. The van der Waals surface area contributed by atoms with Gasteiger partial charge in [0.2, 0.25) is 5.91 Å².